The van der Waals surface area contributed by atoms with Crippen molar-refractivity contribution in [2.45, 2.75) is 37.0 Å². The molecule has 1 aromatic carbocycles. The van der Waals surface area contributed by atoms with Crippen molar-refractivity contribution in [2.75, 3.05) is 11.5 Å². The van der Waals surface area contributed by atoms with Crippen LogP contribution in [0.4, 0.5) is 5.69 Å². The van der Waals surface area contributed by atoms with E-state index in [9.17, 15) is 8.42 Å². The Morgan fingerprint density at radius 3 is 2.56 bits per heavy atom. The summed E-state index contributed by atoms with van der Waals surface area (Å²) < 4.78 is 23.5. The molecule has 1 fully saturated rings. The highest BCUT2D eigenvalue weighted by atomic mass is 32.2. The molecule has 0 radical (unpaired) electrons. The molecule has 2 N–H and O–H groups in total. The van der Waals surface area contributed by atoms with Gasteiger partial charge in [0, 0.05) is 5.69 Å². The average Bonchev–Trinajstić information content (AvgIpc) is 2.18. The Labute approximate surface area is 96.6 Å². The standard InChI is InChI=1S/C12H17NO2S/c1-2-16(14,15)10-6-7-12(13)11(8-10)9-4-3-5-9/h6-9H,2-5,13H2,1H3. The van der Waals surface area contributed by atoms with E-state index in [1.807, 2.05) is 0 Å². The van der Waals surface area contributed by atoms with Crippen LogP contribution in [0.3, 0.4) is 0 Å². The minimum Gasteiger partial charge on any atom is -0.398 e. The fraction of sp³-hybridized carbons (Fsp3) is 0.500. The molecule has 4 heteroatoms. The number of hydrogen-bond donors (Lipinski definition) is 1. The molecular weight excluding hydrogens is 222 g/mol. The number of rotatable bonds is 3. The van der Waals surface area contributed by atoms with Crippen molar-refractivity contribution in [1.82, 2.24) is 0 Å². The molecule has 0 saturated heterocycles. The van der Waals surface area contributed by atoms with Crippen LogP contribution in [-0.4, -0.2) is 14.2 Å². The van der Waals surface area contributed by atoms with Gasteiger partial charge in [0.15, 0.2) is 9.84 Å². The van der Waals surface area contributed by atoms with Gasteiger partial charge in [0.1, 0.15) is 0 Å². The van der Waals surface area contributed by atoms with Gasteiger partial charge in [0.2, 0.25) is 0 Å². The van der Waals surface area contributed by atoms with Crippen molar-refractivity contribution in [2.24, 2.45) is 0 Å². The number of nitrogens with two attached hydrogens (primary N) is 1. The van der Waals surface area contributed by atoms with Gasteiger partial charge >= 0.3 is 0 Å². The minimum absolute atomic E-state index is 0.140. The number of sulfone groups is 1. The van der Waals surface area contributed by atoms with Crippen molar-refractivity contribution in [1.29, 1.82) is 0 Å². The third kappa shape index (κ3) is 1.94. The lowest BCUT2D eigenvalue weighted by molar-refractivity contribution is 0.420. The van der Waals surface area contributed by atoms with Crippen molar-refractivity contribution in [3.05, 3.63) is 23.8 Å². The predicted octanol–water partition coefficient (Wildman–Crippen LogP) is 2.33. The highest BCUT2D eigenvalue weighted by Crippen LogP contribution is 2.39. The summed E-state index contributed by atoms with van der Waals surface area (Å²) in [7, 11) is -3.11. The van der Waals surface area contributed by atoms with Crippen LogP contribution in [0.5, 0.6) is 0 Å². The summed E-state index contributed by atoms with van der Waals surface area (Å²) in [5.41, 5.74) is 7.63. The molecule has 16 heavy (non-hydrogen) atoms. The second-order valence-electron chi connectivity index (χ2n) is 4.32. The average molecular weight is 239 g/mol. The lowest BCUT2D eigenvalue weighted by atomic mass is 9.79. The summed E-state index contributed by atoms with van der Waals surface area (Å²) >= 11 is 0. The van der Waals surface area contributed by atoms with Gasteiger partial charge in [-0.1, -0.05) is 13.3 Å². The molecule has 0 heterocycles. The molecular formula is C12H17NO2S. The number of benzene rings is 1. The summed E-state index contributed by atoms with van der Waals surface area (Å²) in [4.78, 5) is 0.408. The maximum absolute atomic E-state index is 11.8. The van der Waals surface area contributed by atoms with Crippen LogP contribution in [0.15, 0.2) is 23.1 Å². The van der Waals surface area contributed by atoms with Crippen LogP contribution >= 0.6 is 0 Å². The largest absolute Gasteiger partial charge is 0.398 e. The predicted molar refractivity (Wildman–Crippen MR) is 65.2 cm³/mol. The van der Waals surface area contributed by atoms with E-state index >= 15 is 0 Å². The van der Waals surface area contributed by atoms with E-state index in [1.54, 1.807) is 25.1 Å². The van der Waals surface area contributed by atoms with E-state index in [0.717, 1.165) is 24.1 Å². The minimum atomic E-state index is -3.11. The van der Waals surface area contributed by atoms with Gasteiger partial charge in [-0.05, 0) is 42.5 Å². The first-order chi connectivity index (χ1) is 7.54. The number of anilines is 1. The number of nitrogen functional groups attached to an aromatic ring is 1. The molecule has 0 aliphatic heterocycles. The second kappa shape index (κ2) is 4.09. The Hall–Kier alpha value is -1.03. The molecule has 1 aliphatic rings. The smallest absolute Gasteiger partial charge is 0.178 e. The van der Waals surface area contributed by atoms with Crippen LogP contribution < -0.4 is 5.73 Å². The summed E-state index contributed by atoms with van der Waals surface area (Å²) in [6, 6.07) is 5.09. The van der Waals surface area contributed by atoms with E-state index in [0.29, 0.717) is 10.8 Å². The Bertz CT molecular complexity index is 490. The normalized spacial score (nSPS) is 17.1. The molecule has 0 aromatic heterocycles. The molecule has 0 atom stereocenters. The van der Waals surface area contributed by atoms with E-state index in [2.05, 4.69) is 0 Å². The van der Waals surface area contributed by atoms with Gasteiger partial charge in [0.25, 0.3) is 0 Å². The molecule has 88 valence electrons. The van der Waals surface area contributed by atoms with Crippen LogP contribution in [0, 0.1) is 0 Å². The Kier molecular flexibility index (Phi) is 2.93. The van der Waals surface area contributed by atoms with Crippen molar-refractivity contribution >= 4 is 15.5 Å². The maximum atomic E-state index is 11.8. The summed E-state index contributed by atoms with van der Waals surface area (Å²) in [5.74, 6) is 0.605. The summed E-state index contributed by atoms with van der Waals surface area (Å²) in [6.07, 6.45) is 3.47. The van der Waals surface area contributed by atoms with Crippen LogP contribution in [-0.2, 0) is 9.84 Å². The molecule has 1 saturated carbocycles. The topological polar surface area (TPSA) is 60.2 Å². The van der Waals surface area contributed by atoms with Gasteiger partial charge in [-0.25, -0.2) is 8.42 Å². The monoisotopic (exact) mass is 239 g/mol. The molecule has 1 aliphatic carbocycles. The third-order valence-electron chi connectivity index (χ3n) is 3.34. The van der Waals surface area contributed by atoms with Crippen LogP contribution in [0.25, 0.3) is 0 Å². The van der Waals surface area contributed by atoms with Gasteiger partial charge in [-0.3, -0.25) is 0 Å². The highest BCUT2D eigenvalue weighted by Gasteiger charge is 2.23. The Morgan fingerprint density at radius 1 is 1.38 bits per heavy atom. The second-order valence-corrected chi connectivity index (χ2v) is 6.60. The maximum Gasteiger partial charge on any atom is 0.178 e. The summed E-state index contributed by atoms with van der Waals surface area (Å²) in [6.45, 7) is 1.66. The quantitative estimate of drug-likeness (QED) is 0.823. The van der Waals surface area contributed by atoms with Gasteiger partial charge < -0.3 is 5.73 Å². The molecule has 3 nitrogen and oxygen atoms in total. The molecule has 0 spiro atoms. The zero-order valence-electron chi connectivity index (χ0n) is 9.44. The molecule has 0 unspecified atom stereocenters. The molecule has 0 bridgehead atoms. The number of hydrogen-bond acceptors (Lipinski definition) is 3. The van der Waals surface area contributed by atoms with Crippen LogP contribution in [0.1, 0.15) is 37.7 Å². The Balaban J connectivity index is 2.43. The van der Waals surface area contributed by atoms with Crippen molar-refractivity contribution in [3.63, 3.8) is 0 Å². The third-order valence-corrected chi connectivity index (χ3v) is 5.07. The van der Waals surface area contributed by atoms with E-state index in [-0.39, 0.29) is 5.75 Å². The molecule has 1 aromatic rings. The fourth-order valence-corrected chi connectivity index (χ4v) is 2.90. The lowest BCUT2D eigenvalue weighted by Crippen LogP contribution is -2.13. The van der Waals surface area contributed by atoms with E-state index in [1.165, 1.54) is 6.42 Å². The summed E-state index contributed by atoms with van der Waals surface area (Å²) in [5, 5.41) is 0. The SMILES string of the molecule is CCS(=O)(=O)c1ccc(N)c(C2CCC2)c1. The zero-order valence-corrected chi connectivity index (χ0v) is 10.3. The first-order valence-electron chi connectivity index (χ1n) is 5.67. The lowest BCUT2D eigenvalue weighted by Gasteiger charge is -2.27. The Morgan fingerprint density at radius 2 is 2.06 bits per heavy atom. The van der Waals surface area contributed by atoms with Gasteiger partial charge in [-0.15, -0.1) is 0 Å². The highest BCUT2D eigenvalue weighted by molar-refractivity contribution is 7.91. The van der Waals surface area contributed by atoms with Crippen molar-refractivity contribution in [3.8, 4) is 0 Å². The first kappa shape index (κ1) is 11.5. The van der Waals surface area contributed by atoms with Crippen molar-refractivity contribution < 1.29 is 8.42 Å². The van der Waals surface area contributed by atoms with E-state index in [4.69, 9.17) is 5.73 Å². The first-order valence-corrected chi connectivity index (χ1v) is 7.32. The molecule has 2 rings (SSSR count). The van der Waals surface area contributed by atoms with Gasteiger partial charge in [0.05, 0.1) is 10.6 Å². The van der Waals surface area contributed by atoms with Crippen LogP contribution in [0.2, 0.25) is 0 Å². The van der Waals surface area contributed by atoms with Gasteiger partial charge in [-0.2, -0.15) is 0 Å². The zero-order chi connectivity index (χ0) is 11.8. The fourth-order valence-electron chi connectivity index (χ4n) is 1.99. The van der Waals surface area contributed by atoms with E-state index < -0.39 is 9.84 Å². The molecule has 0 amide bonds.